The van der Waals surface area contributed by atoms with Gasteiger partial charge in [0, 0.05) is 31.6 Å². The molecule has 1 unspecified atom stereocenters. The van der Waals surface area contributed by atoms with Crippen molar-refractivity contribution in [2.24, 2.45) is 0 Å². The quantitative estimate of drug-likeness (QED) is 0.879. The van der Waals surface area contributed by atoms with Crippen molar-refractivity contribution < 1.29 is 9.84 Å². The Kier molecular flexibility index (Phi) is 4.87. The predicted molar refractivity (Wildman–Crippen MR) is 88.2 cm³/mol. The molecule has 5 nitrogen and oxygen atoms in total. The van der Waals surface area contributed by atoms with Crippen LogP contribution in [0.5, 0.6) is 0 Å². The first-order valence-corrected chi connectivity index (χ1v) is 7.81. The normalized spacial score (nSPS) is 17.5. The summed E-state index contributed by atoms with van der Waals surface area (Å²) in [5, 5.41) is 14.6. The summed E-state index contributed by atoms with van der Waals surface area (Å²) in [6.45, 7) is 6.51. The van der Waals surface area contributed by atoms with Crippen molar-refractivity contribution in [2.45, 2.75) is 13.0 Å². The van der Waals surface area contributed by atoms with Gasteiger partial charge in [0.15, 0.2) is 0 Å². The van der Waals surface area contributed by atoms with E-state index in [2.05, 4.69) is 27.3 Å². The van der Waals surface area contributed by atoms with Gasteiger partial charge in [-0.3, -0.25) is 4.90 Å². The molecular formula is C17H23N3O2. The van der Waals surface area contributed by atoms with Crippen LogP contribution >= 0.6 is 0 Å². The molecule has 0 radical (unpaired) electrons. The maximum absolute atomic E-state index is 10.2. The van der Waals surface area contributed by atoms with Crippen molar-refractivity contribution in [3.8, 4) is 0 Å². The number of aliphatic hydroxyl groups is 1. The molecule has 1 saturated heterocycles. The van der Waals surface area contributed by atoms with E-state index in [1.165, 1.54) is 0 Å². The summed E-state index contributed by atoms with van der Waals surface area (Å²) >= 11 is 0. The van der Waals surface area contributed by atoms with E-state index < -0.39 is 6.10 Å². The topological polar surface area (TPSA) is 57.6 Å². The van der Waals surface area contributed by atoms with Crippen LogP contribution in [0.3, 0.4) is 0 Å². The average Bonchev–Trinajstić information content (AvgIpc) is 2.54. The van der Waals surface area contributed by atoms with Gasteiger partial charge in [-0.1, -0.05) is 18.2 Å². The lowest BCUT2D eigenvalue weighted by atomic mass is 10.1. The highest BCUT2D eigenvalue weighted by atomic mass is 16.5. The summed E-state index contributed by atoms with van der Waals surface area (Å²) in [4.78, 5) is 6.87. The highest BCUT2D eigenvalue weighted by Gasteiger charge is 2.15. The maximum atomic E-state index is 10.2. The van der Waals surface area contributed by atoms with Crippen molar-refractivity contribution in [1.29, 1.82) is 0 Å². The van der Waals surface area contributed by atoms with Gasteiger partial charge in [0.05, 0.1) is 24.8 Å². The van der Waals surface area contributed by atoms with E-state index in [1.54, 1.807) is 0 Å². The van der Waals surface area contributed by atoms with Crippen LogP contribution in [0.1, 0.15) is 5.56 Å². The Labute approximate surface area is 130 Å². The number of hydrogen-bond acceptors (Lipinski definition) is 5. The Balaban J connectivity index is 1.59. The maximum Gasteiger partial charge on any atom is 0.129 e. The number of aromatic nitrogens is 1. The molecule has 0 bridgehead atoms. The van der Waals surface area contributed by atoms with Gasteiger partial charge < -0.3 is 15.2 Å². The number of anilines is 1. The van der Waals surface area contributed by atoms with Crippen LogP contribution in [0, 0.1) is 6.92 Å². The van der Waals surface area contributed by atoms with Crippen molar-refractivity contribution in [3.63, 3.8) is 0 Å². The van der Waals surface area contributed by atoms with E-state index in [-0.39, 0.29) is 0 Å². The number of aliphatic hydroxyl groups excluding tert-OH is 1. The second kappa shape index (κ2) is 7.05. The van der Waals surface area contributed by atoms with E-state index in [0.29, 0.717) is 13.1 Å². The minimum absolute atomic E-state index is 0.411. The van der Waals surface area contributed by atoms with Gasteiger partial charge in [0.1, 0.15) is 5.82 Å². The minimum atomic E-state index is -0.411. The molecule has 0 amide bonds. The molecular weight excluding hydrogens is 278 g/mol. The van der Waals surface area contributed by atoms with Crippen LogP contribution in [0.4, 0.5) is 5.82 Å². The van der Waals surface area contributed by atoms with Crippen LogP contribution in [0.15, 0.2) is 30.3 Å². The van der Waals surface area contributed by atoms with Gasteiger partial charge in [-0.15, -0.1) is 0 Å². The second-order valence-electron chi connectivity index (χ2n) is 5.79. The Hall–Kier alpha value is -1.69. The summed E-state index contributed by atoms with van der Waals surface area (Å²) in [6.07, 6.45) is -0.411. The number of β-amino-alcohol motifs (C(OH)–C–C–N with tert-alkyl or cyclic N) is 1. The van der Waals surface area contributed by atoms with Gasteiger partial charge in [-0.25, -0.2) is 4.98 Å². The number of fused-ring (bicyclic) bond motifs is 1. The second-order valence-corrected chi connectivity index (χ2v) is 5.79. The molecule has 118 valence electrons. The highest BCUT2D eigenvalue weighted by molar-refractivity contribution is 5.81. The van der Waals surface area contributed by atoms with Crippen LogP contribution < -0.4 is 5.32 Å². The molecule has 22 heavy (non-hydrogen) atoms. The smallest absolute Gasteiger partial charge is 0.129 e. The van der Waals surface area contributed by atoms with Crippen LogP contribution in [0.2, 0.25) is 0 Å². The zero-order valence-corrected chi connectivity index (χ0v) is 13.0. The largest absolute Gasteiger partial charge is 0.390 e. The monoisotopic (exact) mass is 301 g/mol. The summed E-state index contributed by atoms with van der Waals surface area (Å²) in [5.41, 5.74) is 2.07. The molecule has 0 spiro atoms. The van der Waals surface area contributed by atoms with Crippen LogP contribution in [0.25, 0.3) is 10.9 Å². The number of aryl methyl sites for hydroxylation is 1. The highest BCUT2D eigenvalue weighted by Crippen LogP contribution is 2.19. The molecule has 0 saturated carbocycles. The summed E-state index contributed by atoms with van der Waals surface area (Å²) in [6, 6.07) is 10.2. The fourth-order valence-electron chi connectivity index (χ4n) is 2.76. The SMILES string of the molecule is Cc1cc2ccccc2nc1NCC(O)CN1CCOCC1. The van der Waals surface area contributed by atoms with Crippen molar-refractivity contribution in [2.75, 3.05) is 44.7 Å². The molecule has 1 fully saturated rings. The number of para-hydroxylation sites is 1. The van der Waals surface area contributed by atoms with E-state index in [0.717, 1.165) is 48.6 Å². The van der Waals surface area contributed by atoms with E-state index >= 15 is 0 Å². The lowest BCUT2D eigenvalue weighted by molar-refractivity contribution is 0.0171. The van der Waals surface area contributed by atoms with E-state index in [9.17, 15) is 5.11 Å². The Bertz CT molecular complexity index is 626. The number of hydrogen-bond donors (Lipinski definition) is 2. The third-order valence-corrected chi connectivity index (χ3v) is 3.99. The number of nitrogens with zero attached hydrogens (tertiary/aromatic N) is 2. The molecule has 2 aromatic rings. The standard InChI is InChI=1S/C17H23N3O2/c1-13-10-14-4-2-3-5-16(14)19-17(13)18-11-15(21)12-20-6-8-22-9-7-20/h2-5,10,15,21H,6-9,11-12H2,1H3,(H,18,19). The van der Waals surface area contributed by atoms with E-state index in [4.69, 9.17) is 4.74 Å². The van der Waals surface area contributed by atoms with Gasteiger partial charge in [0.2, 0.25) is 0 Å². The number of pyridine rings is 1. The molecule has 1 aromatic heterocycles. The van der Waals surface area contributed by atoms with Gasteiger partial charge in [-0.05, 0) is 24.6 Å². The average molecular weight is 301 g/mol. The lowest BCUT2D eigenvalue weighted by Crippen LogP contribution is -2.42. The third-order valence-electron chi connectivity index (χ3n) is 3.99. The molecule has 1 aromatic carbocycles. The Morgan fingerprint density at radius 3 is 2.91 bits per heavy atom. The van der Waals surface area contributed by atoms with Crippen molar-refractivity contribution >= 4 is 16.7 Å². The first-order valence-electron chi connectivity index (χ1n) is 7.81. The molecule has 2 N–H and O–H groups in total. The predicted octanol–water partition coefficient (Wildman–Crippen LogP) is 1.65. The Morgan fingerprint density at radius 2 is 2.09 bits per heavy atom. The van der Waals surface area contributed by atoms with Crippen molar-refractivity contribution in [1.82, 2.24) is 9.88 Å². The molecule has 5 heteroatoms. The summed E-state index contributed by atoms with van der Waals surface area (Å²) < 4.78 is 5.32. The summed E-state index contributed by atoms with van der Waals surface area (Å²) in [5.74, 6) is 0.847. The fraction of sp³-hybridized carbons (Fsp3) is 0.471. The Morgan fingerprint density at radius 1 is 1.32 bits per heavy atom. The molecule has 1 atom stereocenters. The van der Waals surface area contributed by atoms with Gasteiger partial charge >= 0.3 is 0 Å². The molecule has 0 aliphatic carbocycles. The first kappa shape index (κ1) is 15.2. The molecule has 2 heterocycles. The van der Waals surface area contributed by atoms with E-state index in [1.807, 2.05) is 25.1 Å². The van der Waals surface area contributed by atoms with Crippen LogP contribution in [-0.2, 0) is 4.74 Å². The molecule has 3 rings (SSSR count). The van der Waals surface area contributed by atoms with Gasteiger partial charge in [0.25, 0.3) is 0 Å². The van der Waals surface area contributed by atoms with Crippen molar-refractivity contribution in [3.05, 3.63) is 35.9 Å². The molecule has 1 aliphatic rings. The molecule has 1 aliphatic heterocycles. The third kappa shape index (κ3) is 3.74. The fourth-order valence-corrected chi connectivity index (χ4v) is 2.76. The summed E-state index contributed by atoms with van der Waals surface area (Å²) in [7, 11) is 0. The number of morpholine rings is 1. The van der Waals surface area contributed by atoms with Crippen LogP contribution in [-0.4, -0.2) is 60.5 Å². The number of benzene rings is 1. The number of ether oxygens (including phenoxy) is 1. The first-order chi connectivity index (χ1) is 10.7. The number of nitrogens with one attached hydrogen (secondary N) is 1. The zero-order chi connectivity index (χ0) is 15.4. The lowest BCUT2D eigenvalue weighted by Gasteiger charge is -2.28. The minimum Gasteiger partial charge on any atom is -0.390 e. The number of rotatable bonds is 5. The van der Waals surface area contributed by atoms with Gasteiger partial charge in [-0.2, -0.15) is 0 Å². The zero-order valence-electron chi connectivity index (χ0n) is 13.0.